The van der Waals surface area contributed by atoms with Crippen LogP contribution in [0, 0.1) is 13.8 Å². The van der Waals surface area contributed by atoms with Gasteiger partial charge < -0.3 is 14.9 Å². The number of hydrogen-bond acceptors (Lipinski definition) is 4. The van der Waals surface area contributed by atoms with Crippen molar-refractivity contribution in [1.82, 2.24) is 10.5 Å². The first-order valence-electron chi connectivity index (χ1n) is 6.91. The first kappa shape index (κ1) is 14.1. The van der Waals surface area contributed by atoms with Gasteiger partial charge in [-0.25, -0.2) is 0 Å². The van der Waals surface area contributed by atoms with Crippen molar-refractivity contribution in [2.45, 2.75) is 58.0 Å². The van der Waals surface area contributed by atoms with Gasteiger partial charge >= 0.3 is 0 Å². The summed E-state index contributed by atoms with van der Waals surface area (Å²) >= 11 is 0. The van der Waals surface area contributed by atoms with Crippen LogP contribution in [0.15, 0.2) is 4.52 Å². The lowest BCUT2D eigenvalue weighted by molar-refractivity contribution is -0.122. The van der Waals surface area contributed by atoms with Crippen molar-refractivity contribution >= 4 is 5.91 Å². The van der Waals surface area contributed by atoms with E-state index < -0.39 is 5.60 Å². The van der Waals surface area contributed by atoms with Gasteiger partial charge in [-0.15, -0.1) is 0 Å². The minimum Gasteiger partial charge on any atom is -0.388 e. The summed E-state index contributed by atoms with van der Waals surface area (Å²) in [4.78, 5) is 11.8. The fourth-order valence-corrected chi connectivity index (χ4v) is 2.66. The number of nitrogens with one attached hydrogen (secondary N) is 1. The average molecular weight is 266 g/mol. The number of aromatic nitrogens is 1. The van der Waals surface area contributed by atoms with Gasteiger partial charge in [0.2, 0.25) is 5.91 Å². The van der Waals surface area contributed by atoms with Gasteiger partial charge in [-0.05, 0) is 33.1 Å². The summed E-state index contributed by atoms with van der Waals surface area (Å²) in [6.07, 6.45) is 4.70. The highest BCUT2D eigenvalue weighted by Gasteiger charge is 2.31. The van der Waals surface area contributed by atoms with Gasteiger partial charge in [0, 0.05) is 18.5 Å². The van der Waals surface area contributed by atoms with Crippen molar-refractivity contribution in [3.63, 3.8) is 0 Å². The van der Waals surface area contributed by atoms with Crippen LogP contribution in [0.1, 0.15) is 49.1 Å². The maximum atomic E-state index is 11.8. The third-order valence-electron chi connectivity index (χ3n) is 3.93. The molecule has 0 unspecified atom stereocenters. The molecule has 0 saturated heterocycles. The van der Waals surface area contributed by atoms with E-state index in [-0.39, 0.29) is 5.91 Å². The Balaban J connectivity index is 1.76. The Hall–Kier alpha value is -1.36. The second-order valence-corrected chi connectivity index (χ2v) is 5.51. The van der Waals surface area contributed by atoms with Crippen LogP contribution in [-0.4, -0.2) is 28.3 Å². The fraction of sp³-hybridized carbons (Fsp3) is 0.714. The summed E-state index contributed by atoms with van der Waals surface area (Å²) in [5.41, 5.74) is 1.17. The lowest BCUT2D eigenvalue weighted by Crippen LogP contribution is -2.40. The van der Waals surface area contributed by atoms with Crippen molar-refractivity contribution in [2.24, 2.45) is 0 Å². The molecule has 1 aromatic rings. The monoisotopic (exact) mass is 266 g/mol. The smallest absolute Gasteiger partial charge is 0.220 e. The average Bonchev–Trinajstić information content (AvgIpc) is 2.93. The molecule has 0 aliphatic heterocycles. The molecule has 0 spiro atoms. The predicted molar refractivity (Wildman–Crippen MR) is 70.7 cm³/mol. The maximum absolute atomic E-state index is 11.8. The van der Waals surface area contributed by atoms with E-state index in [9.17, 15) is 9.90 Å². The molecule has 19 heavy (non-hydrogen) atoms. The largest absolute Gasteiger partial charge is 0.388 e. The minimum absolute atomic E-state index is 0.0275. The molecule has 106 valence electrons. The first-order valence-corrected chi connectivity index (χ1v) is 6.91. The van der Waals surface area contributed by atoms with Crippen LogP contribution in [0.5, 0.6) is 0 Å². The third kappa shape index (κ3) is 3.56. The molecule has 1 saturated carbocycles. The topological polar surface area (TPSA) is 75.4 Å². The number of hydrogen-bond donors (Lipinski definition) is 2. The molecule has 1 aromatic heterocycles. The van der Waals surface area contributed by atoms with Crippen molar-refractivity contribution in [3.8, 4) is 0 Å². The zero-order valence-electron chi connectivity index (χ0n) is 11.7. The van der Waals surface area contributed by atoms with Crippen LogP contribution in [0.2, 0.25) is 0 Å². The first-order chi connectivity index (χ1) is 9.00. The normalized spacial score (nSPS) is 17.6. The Bertz CT molecular complexity index is 428. The molecule has 1 aliphatic rings. The number of amides is 1. The van der Waals surface area contributed by atoms with Crippen molar-refractivity contribution in [3.05, 3.63) is 17.0 Å². The van der Waals surface area contributed by atoms with Crippen LogP contribution < -0.4 is 5.32 Å². The van der Waals surface area contributed by atoms with E-state index >= 15 is 0 Å². The van der Waals surface area contributed by atoms with Gasteiger partial charge in [0.05, 0.1) is 11.3 Å². The molecule has 1 amide bonds. The molecule has 5 nitrogen and oxygen atoms in total. The van der Waals surface area contributed by atoms with E-state index in [1.165, 1.54) is 0 Å². The number of nitrogens with zero attached hydrogens (tertiary/aromatic N) is 1. The number of aryl methyl sites for hydroxylation is 2. The molecule has 1 fully saturated rings. The third-order valence-corrected chi connectivity index (χ3v) is 3.93. The summed E-state index contributed by atoms with van der Waals surface area (Å²) in [5.74, 6) is 0.750. The van der Waals surface area contributed by atoms with Crippen molar-refractivity contribution in [1.29, 1.82) is 0 Å². The molecule has 1 heterocycles. The fourth-order valence-electron chi connectivity index (χ4n) is 2.66. The summed E-state index contributed by atoms with van der Waals surface area (Å²) in [7, 11) is 0. The standard InChI is InChI=1S/C14H22N2O3/c1-10-12(11(2)19-16-10)5-6-13(17)15-9-14(18)7-3-4-8-14/h18H,3-9H2,1-2H3,(H,15,17). The molecular weight excluding hydrogens is 244 g/mol. The lowest BCUT2D eigenvalue weighted by Gasteiger charge is -2.22. The second kappa shape index (κ2) is 5.74. The molecular formula is C14H22N2O3. The maximum Gasteiger partial charge on any atom is 0.220 e. The Morgan fingerprint density at radius 1 is 1.42 bits per heavy atom. The highest BCUT2D eigenvalue weighted by Crippen LogP contribution is 2.28. The molecule has 5 heteroatoms. The van der Waals surface area contributed by atoms with E-state index in [4.69, 9.17) is 4.52 Å². The van der Waals surface area contributed by atoms with E-state index in [1.807, 2.05) is 13.8 Å². The predicted octanol–water partition coefficient (Wildman–Crippen LogP) is 1.65. The molecule has 0 atom stereocenters. The Morgan fingerprint density at radius 3 is 2.68 bits per heavy atom. The minimum atomic E-state index is -0.682. The molecule has 2 N–H and O–H groups in total. The zero-order chi connectivity index (χ0) is 13.9. The summed E-state index contributed by atoms with van der Waals surface area (Å²) < 4.78 is 5.06. The van der Waals surface area contributed by atoms with E-state index in [0.29, 0.717) is 19.4 Å². The summed E-state index contributed by atoms with van der Waals surface area (Å²) in [5, 5.41) is 16.8. The molecule has 1 aliphatic carbocycles. The zero-order valence-corrected chi connectivity index (χ0v) is 11.7. The molecule has 0 radical (unpaired) electrons. The van der Waals surface area contributed by atoms with Crippen LogP contribution in [0.3, 0.4) is 0 Å². The van der Waals surface area contributed by atoms with Gasteiger partial charge in [-0.3, -0.25) is 4.79 Å². The highest BCUT2D eigenvalue weighted by atomic mass is 16.5. The van der Waals surface area contributed by atoms with E-state index in [0.717, 1.165) is 42.7 Å². The van der Waals surface area contributed by atoms with Crippen LogP contribution >= 0.6 is 0 Å². The quantitative estimate of drug-likeness (QED) is 0.849. The number of carbonyl (C=O) groups excluding carboxylic acids is 1. The van der Waals surface area contributed by atoms with Gasteiger partial charge in [-0.1, -0.05) is 18.0 Å². The van der Waals surface area contributed by atoms with E-state index in [2.05, 4.69) is 10.5 Å². The van der Waals surface area contributed by atoms with Crippen molar-refractivity contribution < 1.29 is 14.4 Å². The number of rotatable bonds is 5. The van der Waals surface area contributed by atoms with Crippen molar-refractivity contribution in [2.75, 3.05) is 6.54 Å². The summed E-state index contributed by atoms with van der Waals surface area (Å²) in [6.45, 7) is 4.10. The second-order valence-electron chi connectivity index (χ2n) is 5.51. The number of aliphatic hydroxyl groups is 1. The SMILES string of the molecule is Cc1noc(C)c1CCC(=O)NCC1(O)CCCC1. The van der Waals surface area contributed by atoms with Crippen LogP contribution in [0.4, 0.5) is 0 Å². The van der Waals surface area contributed by atoms with Gasteiger partial charge in [0.15, 0.2) is 0 Å². The van der Waals surface area contributed by atoms with Crippen LogP contribution in [-0.2, 0) is 11.2 Å². The molecule has 0 bridgehead atoms. The van der Waals surface area contributed by atoms with Crippen LogP contribution in [0.25, 0.3) is 0 Å². The lowest BCUT2D eigenvalue weighted by atomic mass is 10.0. The number of carbonyl (C=O) groups is 1. The summed E-state index contributed by atoms with van der Waals surface area (Å²) in [6, 6.07) is 0. The molecule has 2 rings (SSSR count). The highest BCUT2D eigenvalue weighted by molar-refractivity contribution is 5.76. The van der Waals surface area contributed by atoms with Gasteiger partial charge in [-0.2, -0.15) is 0 Å². The Kier molecular flexibility index (Phi) is 4.24. The Labute approximate surface area is 113 Å². The Morgan fingerprint density at radius 2 is 2.11 bits per heavy atom. The molecule has 0 aromatic carbocycles. The van der Waals surface area contributed by atoms with E-state index in [1.54, 1.807) is 0 Å². The van der Waals surface area contributed by atoms with Gasteiger partial charge in [0.25, 0.3) is 0 Å². The van der Waals surface area contributed by atoms with Gasteiger partial charge in [0.1, 0.15) is 5.76 Å².